The number of carbonyl (C=O) groups excluding carboxylic acids is 1. The van der Waals surface area contributed by atoms with E-state index in [9.17, 15) is 4.79 Å². The molecule has 2 aliphatic heterocycles. The molecule has 0 unspecified atom stereocenters. The van der Waals surface area contributed by atoms with E-state index < -0.39 is 0 Å². The summed E-state index contributed by atoms with van der Waals surface area (Å²) in [6, 6.07) is 0. The summed E-state index contributed by atoms with van der Waals surface area (Å²) in [4.78, 5) is 15.0. The van der Waals surface area contributed by atoms with Crippen LogP contribution in [0.2, 0.25) is 0 Å². The Morgan fingerprint density at radius 3 is 2.92 bits per heavy atom. The molecule has 2 rings (SSSR count). The lowest BCUT2D eigenvalue weighted by Crippen LogP contribution is -2.25. The lowest BCUT2D eigenvalue weighted by Gasteiger charge is -2.13. The molecule has 1 N–H and O–H groups in total. The number of rotatable bonds is 0. The van der Waals surface area contributed by atoms with Crippen LogP contribution in [-0.4, -0.2) is 12.1 Å². The molecule has 0 aliphatic carbocycles. The van der Waals surface area contributed by atoms with E-state index in [2.05, 4.69) is 10.3 Å². The summed E-state index contributed by atoms with van der Waals surface area (Å²) in [5, 5.41) is 2.46. The Bertz CT molecular complexity index is 352. The van der Waals surface area contributed by atoms with Gasteiger partial charge in [0.1, 0.15) is 12.5 Å². The number of ether oxygens (including phenoxy) is 2. The molecule has 0 atom stereocenters. The number of aliphatic imine (C=N–C) groups is 1. The van der Waals surface area contributed by atoms with E-state index in [0.29, 0.717) is 5.76 Å². The zero-order valence-corrected chi connectivity index (χ0v) is 6.56. The summed E-state index contributed by atoms with van der Waals surface area (Å²) in [5.74, 6) is 0.0548. The van der Waals surface area contributed by atoms with Crippen LogP contribution in [0.4, 0.5) is 0 Å². The lowest BCUT2D eigenvalue weighted by atomic mass is 10.3. The molecule has 5 heteroatoms. The topological polar surface area (TPSA) is 59.9 Å². The van der Waals surface area contributed by atoms with Gasteiger partial charge in [-0.15, -0.1) is 0 Å². The number of amides is 1. The first kappa shape index (κ1) is 7.60. The van der Waals surface area contributed by atoms with Gasteiger partial charge in [0.25, 0.3) is 5.91 Å². The molecule has 0 aromatic carbocycles. The number of nitrogens with zero attached hydrogens (tertiary/aromatic N) is 1. The first-order valence-corrected chi connectivity index (χ1v) is 3.59. The predicted molar refractivity (Wildman–Crippen MR) is 44.1 cm³/mol. The fourth-order valence-electron chi connectivity index (χ4n) is 0.893. The third-order valence-corrected chi connectivity index (χ3v) is 1.43. The fourth-order valence-corrected chi connectivity index (χ4v) is 0.893. The van der Waals surface area contributed by atoms with Crippen molar-refractivity contribution in [2.75, 3.05) is 0 Å². The zero-order valence-electron chi connectivity index (χ0n) is 6.56. The molecule has 13 heavy (non-hydrogen) atoms. The molecule has 0 spiro atoms. The summed E-state index contributed by atoms with van der Waals surface area (Å²) >= 11 is 0. The highest BCUT2D eigenvalue weighted by atomic mass is 16.5. The Morgan fingerprint density at radius 1 is 1.31 bits per heavy atom. The summed E-state index contributed by atoms with van der Waals surface area (Å²) in [6.45, 7) is 0. The molecule has 0 fully saturated rings. The maximum absolute atomic E-state index is 11.2. The molecule has 2 aliphatic rings. The lowest BCUT2D eigenvalue weighted by molar-refractivity contribution is -0.120. The Hall–Kier alpha value is -2.04. The van der Waals surface area contributed by atoms with Gasteiger partial charge in [-0.05, 0) is 0 Å². The molecule has 66 valence electrons. The average molecular weight is 178 g/mol. The minimum atomic E-state index is -0.348. The Kier molecular flexibility index (Phi) is 1.84. The van der Waals surface area contributed by atoms with Gasteiger partial charge in [0, 0.05) is 6.20 Å². The van der Waals surface area contributed by atoms with E-state index >= 15 is 0 Å². The van der Waals surface area contributed by atoms with Crippen LogP contribution in [0.25, 0.3) is 0 Å². The Morgan fingerprint density at radius 2 is 2.23 bits per heavy atom. The van der Waals surface area contributed by atoms with Crippen LogP contribution in [0.15, 0.2) is 41.4 Å². The van der Waals surface area contributed by atoms with Gasteiger partial charge in [0.15, 0.2) is 5.76 Å². The molecule has 0 saturated heterocycles. The second kappa shape index (κ2) is 3.14. The summed E-state index contributed by atoms with van der Waals surface area (Å²) in [7, 11) is 0. The average Bonchev–Trinajstić information content (AvgIpc) is 2.20. The maximum atomic E-state index is 11.2. The van der Waals surface area contributed by atoms with Crippen LogP contribution in [-0.2, 0) is 14.3 Å². The van der Waals surface area contributed by atoms with Gasteiger partial charge >= 0.3 is 0 Å². The van der Waals surface area contributed by atoms with Gasteiger partial charge in [-0.3, -0.25) is 9.79 Å². The number of carbonyl (C=O) groups is 1. The molecule has 0 aromatic heterocycles. The maximum Gasteiger partial charge on any atom is 0.295 e. The van der Waals surface area contributed by atoms with Crippen LogP contribution >= 0.6 is 0 Å². The van der Waals surface area contributed by atoms with Crippen molar-refractivity contribution in [2.45, 2.75) is 0 Å². The van der Waals surface area contributed by atoms with Gasteiger partial charge in [0.2, 0.25) is 5.76 Å². The predicted octanol–water partition coefficient (Wildman–Crippen LogP) is 0.388. The molecule has 0 bridgehead atoms. The second-order valence-electron chi connectivity index (χ2n) is 2.27. The van der Waals surface area contributed by atoms with Crippen LogP contribution in [0, 0.1) is 0 Å². The van der Waals surface area contributed by atoms with Crippen molar-refractivity contribution in [3.05, 3.63) is 36.4 Å². The van der Waals surface area contributed by atoms with Crippen molar-refractivity contribution in [2.24, 2.45) is 4.99 Å². The van der Waals surface area contributed by atoms with Crippen molar-refractivity contribution in [1.29, 1.82) is 0 Å². The first-order chi connectivity index (χ1) is 6.38. The Labute approximate surface area is 74.0 Å². The van der Waals surface area contributed by atoms with Gasteiger partial charge in [-0.1, -0.05) is 0 Å². The van der Waals surface area contributed by atoms with E-state index in [1.807, 2.05) is 0 Å². The highest BCUT2D eigenvalue weighted by molar-refractivity contribution is 5.98. The fraction of sp³-hybridized carbons (Fsp3) is 0. The van der Waals surface area contributed by atoms with Crippen molar-refractivity contribution >= 4 is 12.1 Å². The van der Waals surface area contributed by atoms with E-state index in [0.717, 1.165) is 0 Å². The smallest absolute Gasteiger partial charge is 0.295 e. The van der Waals surface area contributed by atoms with Gasteiger partial charge < -0.3 is 14.8 Å². The van der Waals surface area contributed by atoms with Gasteiger partial charge in [-0.25, -0.2) is 0 Å². The van der Waals surface area contributed by atoms with Crippen LogP contribution < -0.4 is 5.32 Å². The molecule has 0 radical (unpaired) electrons. The van der Waals surface area contributed by atoms with Gasteiger partial charge in [-0.2, -0.15) is 0 Å². The highest BCUT2D eigenvalue weighted by Crippen LogP contribution is 2.12. The van der Waals surface area contributed by atoms with Crippen LogP contribution in [0.1, 0.15) is 0 Å². The number of allylic oxidation sites excluding steroid dienone is 1. The summed E-state index contributed by atoms with van der Waals surface area (Å²) < 4.78 is 9.98. The number of hydrogen-bond acceptors (Lipinski definition) is 4. The number of nitrogens with one attached hydrogen (secondary N) is 1. The molecule has 0 aromatic rings. The van der Waals surface area contributed by atoms with E-state index in [4.69, 9.17) is 9.47 Å². The molecular weight excluding hydrogens is 172 g/mol. The van der Waals surface area contributed by atoms with Crippen molar-refractivity contribution in [1.82, 2.24) is 5.32 Å². The third kappa shape index (κ3) is 1.44. The summed E-state index contributed by atoms with van der Waals surface area (Å²) in [6.07, 6.45) is 7.02. The zero-order chi connectivity index (χ0) is 9.10. The monoisotopic (exact) mass is 178 g/mol. The Balaban J connectivity index is 2.32. The highest BCUT2D eigenvalue weighted by Gasteiger charge is 2.19. The van der Waals surface area contributed by atoms with Crippen LogP contribution in [0.5, 0.6) is 0 Å². The number of hydrogen-bond donors (Lipinski definition) is 1. The van der Waals surface area contributed by atoms with E-state index in [1.54, 1.807) is 0 Å². The van der Waals surface area contributed by atoms with Crippen LogP contribution in [0.3, 0.4) is 0 Å². The normalized spacial score (nSPS) is 25.1. The molecule has 0 saturated carbocycles. The van der Waals surface area contributed by atoms with Crippen molar-refractivity contribution < 1.29 is 14.3 Å². The largest absolute Gasteiger partial charge is 0.458 e. The minimum Gasteiger partial charge on any atom is -0.458 e. The van der Waals surface area contributed by atoms with E-state index in [1.165, 1.54) is 31.1 Å². The quantitative estimate of drug-likeness (QED) is 0.546. The second-order valence-corrected chi connectivity index (χ2v) is 2.27. The standard InChI is InChI=1S/C8H6N2O3/c11-8-7(13-4-2-10-8)6-5-9-1-3-12-6/h1-5H,(H,10,11). The van der Waals surface area contributed by atoms with Gasteiger partial charge in [0.05, 0.1) is 12.4 Å². The SMILES string of the molecule is O=C1NC=COC1=C1C=NC=CO1. The molecule has 1 amide bonds. The molecule has 2 heterocycles. The van der Waals surface area contributed by atoms with Crippen molar-refractivity contribution in [3.63, 3.8) is 0 Å². The van der Waals surface area contributed by atoms with Crippen molar-refractivity contribution in [3.8, 4) is 0 Å². The van der Waals surface area contributed by atoms with E-state index in [-0.39, 0.29) is 11.7 Å². The molecule has 5 nitrogen and oxygen atoms in total. The third-order valence-electron chi connectivity index (χ3n) is 1.43. The summed E-state index contributed by atoms with van der Waals surface area (Å²) in [5.41, 5.74) is 0. The minimum absolute atomic E-state index is 0.107. The first-order valence-electron chi connectivity index (χ1n) is 3.59. The molecular formula is C8H6N2O3.